The number of aromatic nitrogens is 3. The van der Waals surface area contributed by atoms with Crippen LogP contribution in [0.1, 0.15) is 36.6 Å². The second-order valence-electron chi connectivity index (χ2n) is 6.91. The second-order valence-corrected chi connectivity index (χ2v) is 6.91. The molecule has 29 heavy (non-hydrogen) atoms. The van der Waals surface area contributed by atoms with E-state index in [1.807, 2.05) is 30.4 Å². The molecule has 0 aliphatic carbocycles. The average molecular weight is 390 g/mol. The minimum absolute atomic E-state index is 0.370. The standard InChI is InChI=1S/C22H23FN6/c1-2-15-6-8-25-18(10-15)12-27-20-5-3-4-17(21(23)29-20)11-16-7-9-26-22-19(16)13-24-14-28-22/h3-4,6-8,10,13-14H,2,5,9,11-12H2,1H3,(H,27,29)(H,24,26,28). The first kappa shape index (κ1) is 19.0. The molecule has 0 fully saturated rings. The van der Waals surface area contributed by atoms with E-state index >= 15 is 0 Å². The molecule has 0 unspecified atom stereocenters. The highest BCUT2D eigenvalue weighted by Gasteiger charge is 2.17. The number of aryl methyl sites for hydroxylation is 1. The fourth-order valence-corrected chi connectivity index (χ4v) is 3.35. The number of rotatable bonds is 5. The van der Waals surface area contributed by atoms with Gasteiger partial charge in [-0.05, 0) is 29.7 Å². The van der Waals surface area contributed by atoms with Crippen LogP contribution < -0.4 is 10.6 Å². The van der Waals surface area contributed by atoms with E-state index in [0.29, 0.717) is 37.3 Å². The molecule has 2 N–H and O–H groups in total. The van der Waals surface area contributed by atoms with Gasteiger partial charge in [0.15, 0.2) is 5.95 Å². The Morgan fingerprint density at radius 2 is 2.21 bits per heavy atom. The quantitative estimate of drug-likeness (QED) is 0.756. The SMILES string of the molecule is CCc1ccnc(CN=C2CC=CC(CC3=CCNc4ncncc43)=C(F)N2)c1. The van der Waals surface area contributed by atoms with Crippen LogP contribution in [0.5, 0.6) is 0 Å². The predicted molar refractivity (Wildman–Crippen MR) is 113 cm³/mol. The van der Waals surface area contributed by atoms with Crippen LogP contribution in [0.15, 0.2) is 65.6 Å². The van der Waals surface area contributed by atoms with Crippen molar-refractivity contribution in [1.82, 2.24) is 20.3 Å². The number of pyridine rings is 1. The molecule has 0 atom stereocenters. The third kappa shape index (κ3) is 4.56. The summed E-state index contributed by atoms with van der Waals surface area (Å²) in [6.45, 7) is 3.20. The van der Waals surface area contributed by atoms with Crippen molar-refractivity contribution in [1.29, 1.82) is 0 Å². The molecule has 2 aromatic heterocycles. The second kappa shape index (κ2) is 8.77. The lowest BCUT2D eigenvalue weighted by Gasteiger charge is -2.18. The van der Waals surface area contributed by atoms with Crippen molar-refractivity contribution < 1.29 is 4.39 Å². The Labute approximate surface area is 169 Å². The Kier molecular flexibility index (Phi) is 5.74. The van der Waals surface area contributed by atoms with Crippen LogP contribution in [0.2, 0.25) is 0 Å². The number of hydrogen-bond acceptors (Lipinski definition) is 5. The number of nitrogens with zero attached hydrogens (tertiary/aromatic N) is 4. The van der Waals surface area contributed by atoms with Gasteiger partial charge in [0, 0.05) is 42.9 Å². The number of nitrogens with one attached hydrogen (secondary N) is 2. The van der Waals surface area contributed by atoms with Gasteiger partial charge in [0.1, 0.15) is 18.0 Å². The molecule has 0 saturated carbocycles. The van der Waals surface area contributed by atoms with Gasteiger partial charge in [-0.15, -0.1) is 0 Å². The molecular formula is C22H23FN6. The summed E-state index contributed by atoms with van der Waals surface area (Å²) in [4.78, 5) is 17.2. The van der Waals surface area contributed by atoms with E-state index in [-0.39, 0.29) is 5.95 Å². The van der Waals surface area contributed by atoms with Gasteiger partial charge >= 0.3 is 0 Å². The van der Waals surface area contributed by atoms with E-state index in [9.17, 15) is 4.39 Å². The fraction of sp³-hybridized carbons (Fsp3) is 0.273. The molecule has 7 heteroatoms. The van der Waals surface area contributed by atoms with Crippen molar-refractivity contribution in [2.75, 3.05) is 11.9 Å². The van der Waals surface area contributed by atoms with Gasteiger partial charge in [0.2, 0.25) is 0 Å². The summed E-state index contributed by atoms with van der Waals surface area (Å²) in [5.74, 6) is 1.01. The van der Waals surface area contributed by atoms with Gasteiger partial charge < -0.3 is 10.6 Å². The molecule has 0 saturated heterocycles. The molecular weight excluding hydrogens is 367 g/mol. The number of aliphatic imine (C=N–C) groups is 1. The van der Waals surface area contributed by atoms with E-state index in [1.54, 1.807) is 12.4 Å². The van der Waals surface area contributed by atoms with E-state index in [1.165, 1.54) is 11.9 Å². The van der Waals surface area contributed by atoms with E-state index in [4.69, 9.17) is 0 Å². The Balaban J connectivity index is 1.48. The first-order chi connectivity index (χ1) is 14.2. The summed E-state index contributed by atoms with van der Waals surface area (Å²) < 4.78 is 14.9. The fourth-order valence-electron chi connectivity index (χ4n) is 3.35. The molecule has 0 spiro atoms. The Bertz CT molecular complexity index is 1020. The number of hydrogen-bond donors (Lipinski definition) is 2. The molecule has 2 aliphatic heterocycles. The minimum Gasteiger partial charge on any atom is -0.366 e. The molecule has 0 bridgehead atoms. The van der Waals surface area contributed by atoms with Gasteiger partial charge in [-0.2, -0.15) is 4.39 Å². The largest absolute Gasteiger partial charge is 0.366 e. The van der Waals surface area contributed by atoms with Gasteiger partial charge in [-0.25, -0.2) is 9.97 Å². The molecule has 148 valence electrons. The molecule has 4 rings (SSSR count). The topological polar surface area (TPSA) is 75.1 Å². The molecule has 6 nitrogen and oxygen atoms in total. The smallest absolute Gasteiger partial charge is 0.195 e. The summed E-state index contributed by atoms with van der Waals surface area (Å²) in [5, 5.41) is 6.04. The highest BCUT2D eigenvalue weighted by atomic mass is 19.1. The van der Waals surface area contributed by atoms with Crippen LogP contribution in [0.4, 0.5) is 10.2 Å². The zero-order valence-corrected chi connectivity index (χ0v) is 16.3. The molecule has 4 heterocycles. The van der Waals surface area contributed by atoms with E-state index < -0.39 is 0 Å². The Morgan fingerprint density at radius 1 is 1.28 bits per heavy atom. The zero-order chi connectivity index (χ0) is 20.1. The maximum absolute atomic E-state index is 14.9. The van der Waals surface area contributed by atoms with Crippen molar-refractivity contribution in [3.8, 4) is 0 Å². The van der Waals surface area contributed by atoms with Crippen LogP contribution in [0.25, 0.3) is 5.57 Å². The Hall–Kier alpha value is -3.35. The number of amidine groups is 1. The molecule has 0 radical (unpaired) electrons. The highest BCUT2D eigenvalue weighted by Crippen LogP contribution is 2.31. The van der Waals surface area contributed by atoms with Crippen LogP contribution in [0, 0.1) is 0 Å². The average Bonchev–Trinajstić information content (AvgIpc) is 2.93. The van der Waals surface area contributed by atoms with Crippen molar-refractivity contribution >= 4 is 17.2 Å². The molecule has 2 aromatic rings. The number of halogens is 1. The highest BCUT2D eigenvalue weighted by molar-refractivity contribution is 5.86. The van der Waals surface area contributed by atoms with Crippen LogP contribution in [0.3, 0.4) is 0 Å². The van der Waals surface area contributed by atoms with E-state index in [2.05, 4.69) is 37.5 Å². The first-order valence-corrected chi connectivity index (χ1v) is 9.75. The lowest BCUT2D eigenvalue weighted by Crippen LogP contribution is -2.20. The monoisotopic (exact) mass is 390 g/mol. The van der Waals surface area contributed by atoms with Crippen LogP contribution in [-0.4, -0.2) is 27.3 Å². The molecule has 2 aliphatic rings. The maximum atomic E-state index is 14.9. The third-order valence-electron chi connectivity index (χ3n) is 4.94. The summed E-state index contributed by atoms with van der Waals surface area (Å²) >= 11 is 0. The predicted octanol–water partition coefficient (Wildman–Crippen LogP) is 3.96. The Morgan fingerprint density at radius 3 is 3.10 bits per heavy atom. The molecule has 0 amide bonds. The van der Waals surface area contributed by atoms with Crippen LogP contribution in [-0.2, 0) is 13.0 Å². The molecule has 0 aromatic carbocycles. The summed E-state index contributed by atoms with van der Waals surface area (Å²) in [5.41, 5.74) is 4.61. The normalized spacial score (nSPS) is 17.3. The lowest BCUT2D eigenvalue weighted by molar-refractivity contribution is 0.584. The van der Waals surface area contributed by atoms with Crippen molar-refractivity contribution in [2.45, 2.75) is 32.7 Å². The maximum Gasteiger partial charge on any atom is 0.195 e. The first-order valence-electron chi connectivity index (χ1n) is 9.75. The third-order valence-corrected chi connectivity index (χ3v) is 4.94. The summed E-state index contributed by atoms with van der Waals surface area (Å²) in [6, 6.07) is 4.04. The van der Waals surface area contributed by atoms with Gasteiger partial charge in [0.05, 0.1) is 12.2 Å². The van der Waals surface area contributed by atoms with E-state index in [0.717, 1.165) is 29.1 Å². The summed E-state index contributed by atoms with van der Waals surface area (Å²) in [6.07, 6.45) is 12.8. The number of anilines is 1. The van der Waals surface area contributed by atoms with Gasteiger partial charge in [-0.3, -0.25) is 9.98 Å². The van der Waals surface area contributed by atoms with Gasteiger partial charge in [0.25, 0.3) is 0 Å². The van der Waals surface area contributed by atoms with Crippen molar-refractivity contribution in [2.24, 2.45) is 4.99 Å². The number of fused-ring (bicyclic) bond motifs is 1. The minimum atomic E-state index is -0.370. The van der Waals surface area contributed by atoms with Crippen LogP contribution >= 0.6 is 0 Å². The van der Waals surface area contributed by atoms with Gasteiger partial charge in [-0.1, -0.05) is 25.2 Å². The van der Waals surface area contributed by atoms with Crippen molar-refractivity contribution in [3.05, 3.63) is 77.4 Å². The van der Waals surface area contributed by atoms with Crippen molar-refractivity contribution in [3.63, 3.8) is 0 Å². The summed E-state index contributed by atoms with van der Waals surface area (Å²) in [7, 11) is 0. The zero-order valence-electron chi connectivity index (χ0n) is 16.3. The lowest BCUT2D eigenvalue weighted by atomic mass is 9.97. The number of allylic oxidation sites excluding steroid dienone is 3.